The zero-order valence-corrected chi connectivity index (χ0v) is 17.7. The molecule has 2 saturated heterocycles. The van der Waals surface area contributed by atoms with E-state index in [-0.39, 0.29) is 12.1 Å². The highest BCUT2D eigenvalue weighted by atomic mass is 19.4. The van der Waals surface area contributed by atoms with Crippen molar-refractivity contribution < 1.29 is 22.7 Å². The summed E-state index contributed by atoms with van der Waals surface area (Å²) in [5.74, 6) is 0. The van der Waals surface area contributed by atoms with Crippen LogP contribution in [0.4, 0.5) is 29.3 Å². The first-order chi connectivity index (χ1) is 15.4. The first-order valence-corrected chi connectivity index (χ1v) is 10.8. The molecule has 1 atom stereocenters. The van der Waals surface area contributed by atoms with Crippen LogP contribution in [0.15, 0.2) is 54.6 Å². The molecule has 2 aromatic carbocycles. The Morgan fingerprint density at radius 3 is 2.47 bits per heavy atom. The second-order valence-electron chi connectivity index (χ2n) is 8.07. The van der Waals surface area contributed by atoms with Crippen molar-refractivity contribution in [3.05, 3.63) is 60.2 Å². The highest BCUT2D eigenvalue weighted by Gasteiger charge is 2.31. The fourth-order valence-electron chi connectivity index (χ4n) is 4.09. The van der Waals surface area contributed by atoms with E-state index >= 15 is 0 Å². The molecule has 2 aliphatic heterocycles. The number of benzene rings is 2. The summed E-state index contributed by atoms with van der Waals surface area (Å²) >= 11 is 0. The Labute approximate surface area is 185 Å². The zero-order valence-electron chi connectivity index (χ0n) is 17.7. The molecule has 32 heavy (non-hydrogen) atoms. The number of halogens is 3. The highest BCUT2D eigenvalue weighted by molar-refractivity contribution is 5.89. The number of anilines is 2. The number of piperazine rings is 1. The molecular formula is C23H27F3N4O2. The van der Waals surface area contributed by atoms with Crippen molar-refractivity contribution in [1.82, 2.24) is 9.80 Å². The van der Waals surface area contributed by atoms with Crippen molar-refractivity contribution in [2.45, 2.75) is 12.3 Å². The van der Waals surface area contributed by atoms with Crippen molar-refractivity contribution in [1.29, 1.82) is 0 Å². The van der Waals surface area contributed by atoms with Crippen LogP contribution in [-0.2, 0) is 10.9 Å². The quantitative estimate of drug-likeness (QED) is 0.774. The van der Waals surface area contributed by atoms with Gasteiger partial charge in [-0.2, -0.15) is 13.2 Å². The van der Waals surface area contributed by atoms with Crippen LogP contribution in [0, 0.1) is 0 Å². The van der Waals surface area contributed by atoms with Gasteiger partial charge in [0.1, 0.15) is 0 Å². The van der Waals surface area contributed by atoms with Gasteiger partial charge in [-0.3, -0.25) is 4.90 Å². The third kappa shape index (κ3) is 5.72. The van der Waals surface area contributed by atoms with Crippen LogP contribution in [0.25, 0.3) is 0 Å². The molecule has 172 valence electrons. The van der Waals surface area contributed by atoms with Gasteiger partial charge in [-0.25, -0.2) is 4.79 Å². The second kappa shape index (κ2) is 9.79. The van der Waals surface area contributed by atoms with E-state index in [1.54, 1.807) is 11.0 Å². The number of hydrogen-bond acceptors (Lipinski definition) is 4. The first-order valence-electron chi connectivity index (χ1n) is 10.8. The Morgan fingerprint density at radius 2 is 1.75 bits per heavy atom. The van der Waals surface area contributed by atoms with E-state index in [2.05, 4.69) is 10.2 Å². The largest absolute Gasteiger partial charge is 0.416 e. The molecule has 2 heterocycles. The minimum atomic E-state index is -4.34. The molecule has 0 radical (unpaired) electrons. The third-order valence-electron chi connectivity index (χ3n) is 5.82. The van der Waals surface area contributed by atoms with Crippen LogP contribution >= 0.6 is 0 Å². The Bertz CT molecular complexity index is 902. The number of rotatable bonds is 4. The number of nitrogens with one attached hydrogen (secondary N) is 1. The molecule has 0 bridgehead atoms. The van der Waals surface area contributed by atoms with Gasteiger partial charge in [-0.1, -0.05) is 24.3 Å². The number of urea groups is 1. The van der Waals surface area contributed by atoms with E-state index < -0.39 is 11.7 Å². The Morgan fingerprint density at radius 1 is 1.00 bits per heavy atom. The lowest BCUT2D eigenvalue weighted by molar-refractivity contribution is -0.137. The normalized spacial score (nSPS) is 20.3. The lowest BCUT2D eigenvalue weighted by atomic mass is 10.1. The van der Waals surface area contributed by atoms with Crippen LogP contribution in [0.1, 0.15) is 5.56 Å². The van der Waals surface area contributed by atoms with Gasteiger partial charge in [0.25, 0.3) is 0 Å². The average Bonchev–Trinajstić information content (AvgIpc) is 2.80. The van der Waals surface area contributed by atoms with Crippen molar-refractivity contribution in [3.63, 3.8) is 0 Å². The molecular weight excluding hydrogens is 421 g/mol. The van der Waals surface area contributed by atoms with Crippen LogP contribution < -0.4 is 10.2 Å². The van der Waals surface area contributed by atoms with E-state index in [0.29, 0.717) is 45.0 Å². The zero-order chi connectivity index (χ0) is 22.6. The number of carbonyl (C=O) groups excluding carboxylic acids is 1. The standard InChI is InChI=1S/C23H27F3N4O2/c24-23(25,26)18-5-4-8-20(15-18)29-11-9-28(10-12-29)16-21-17-30(13-14-32-21)22(31)27-19-6-2-1-3-7-19/h1-8,15,21H,9-14,16-17H2,(H,27,31). The monoisotopic (exact) mass is 448 g/mol. The summed E-state index contributed by atoms with van der Waals surface area (Å²) in [4.78, 5) is 18.5. The molecule has 0 aliphatic carbocycles. The third-order valence-corrected chi connectivity index (χ3v) is 5.82. The number of carbonyl (C=O) groups is 1. The van der Waals surface area contributed by atoms with Crippen LogP contribution in [0.3, 0.4) is 0 Å². The summed E-state index contributed by atoms with van der Waals surface area (Å²) in [6, 6.07) is 14.7. The maximum atomic E-state index is 13.0. The summed E-state index contributed by atoms with van der Waals surface area (Å²) in [6.07, 6.45) is -4.43. The molecule has 0 spiro atoms. The Balaban J connectivity index is 1.26. The van der Waals surface area contributed by atoms with Crippen molar-refractivity contribution in [2.75, 3.05) is 62.6 Å². The number of alkyl halides is 3. The van der Waals surface area contributed by atoms with Gasteiger partial charge in [0.05, 0.1) is 18.3 Å². The maximum absolute atomic E-state index is 13.0. The summed E-state index contributed by atoms with van der Waals surface area (Å²) in [5.41, 5.74) is 0.727. The summed E-state index contributed by atoms with van der Waals surface area (Å²) in [5, 5.41) is 2.91. The van der Waals surface area contributed by atoms with E-state index in [9.17, 15) is 18.0 Å². The van der Waals surface area contributed by atoms with Gasteiger partial charge in [0.2, 0.25) is 0 Å². The van der Waals surface area contributed by atoms with E-state index in [4.69, 9.17) is 4.74 Å². The number of morpholine rings is 1. The van der Waals surface area contributed by atoms with Gasteiger partial charge >= 0.3 is 12.2 Å². The fourth-order valence-corrected chi connectivity index (χ4v) is 4.09. The number of nitrogens with zero attached hydrogens (tertiary/aromatic N) is 3. The molecule has 0 aromatic heterocycles. The molecule has 2 aliphatic rings. The SMILES string of the molecule is O=C(Nc1ccccc1)N1CCOC(CN2CCN(c3cccc(C(F)(F)F)c3)CC2)C1. The molecule has 1 unspecified atom stereocenters. The minimum Gasteiger partial charge on any atom is -0.373 e. The maximum Gasteiger partial charge on any atom is 0.416 e. The number of hydrogen-bond donors (Lipinski definition) is 1. The predicted octanol–water partition coefficient (Wildman–Crippen LogP) is 3.76. The smallest absolute Gasteiger partial charge is 0.373 e. The van der Waals surface area contributed by atoms with Crippen molar-refractivity contribution >= 4 is 17.4 Å². The number of ether oxygens (including phenoxy) is 1. The first kappa shape index (κ1) is 22.4. The summed E-state index contributed by atoms with van der Waals surface area (Å²) in [7, 11) is 0. The predicted molar refractivity (Wildman–Crippen MR) is 117 cm³/mol. The topological polar surface area (TPSA) is 48.1 Å². The molecule has 2 fully saturated rings. The number of amides is 2. The Hall–Kier alpha value is -2.78. The van der Waals surface area contributed by atoms with Crippen molar-refractivity contribution in [2.24, 2.45) is 0 Å². The van der Waals surface area contributed by atoms with Crippen LogP contribution in [0.2, 0.25) is 0 Å². The molecule has 4 rings (SSSR count). The Kier molecular flexibility index (Phi) is 6.86. The summed E-state index contributed by atoms with van der Waals surface area (Å²) in [6.45, 7) is 4.96. The van der Waals surface area contributed by atoms with Crippen LogP contribution in [0.5, 0.6) is 0 Å². The highest BCUT2D eigenvalue weighted by Crippen LogP contribution is 2.31. The molecule has 0 saturated carbocycles. The minimum absolute atomic E-state index is 0.0922. The van der Waals surface area contributed by atoms with Crippen molar-refractivity contribution in [3.8, 4) is 0 Å². The van der Waals surface area contributed by atoms with Gasteiger partial charge in [-0.15, -0.1) is 0 Å². The fraction of sp³-hybridized carbons (Fsp3) is 0.435. The second-order valence-corrected chi connectivity index (χ2v) is 8.07. The van der Waals surface area contributed by atoms with Crippen LogP contribution in [-0.4, -0.2) is 74.4 Å². The number of para-hydroxylation sites is 1. The lowest BCUT2D eigenvalue weighted by Crippen LogP contribution is -2.54. The van der Waals surface area contributed by atoms with Gasteiger partial charge in [-0.05, 0) is 30.3 Å². The molecule has 9 heteroatoms. The van der Waals surface area contributed by atoms with E-state index in [1.165, 1.54) is 12.1 Å². The lowest BCUT2D eigenvalue weighted by Gasteiger charge is -2.40. The summed E-state index contributed by atoms with van der Waals surface area (Å²) < 4.78 is 44.9. The van der Waals surface area contributed by atoms with Gasteiger partial charge < -0.3 is 19.9 Å². The molecule has 1 N–H and O–H groups in total. The molecule has 2 aromatic rings. The molecule has 6 nitrogen and oxygen atoms in total. The van der Waals surface area contributed by atoms with E-state index in [1.807, 2.05) is 35.2 Å². The average molecular weight is 448 g/mol. The van der Waals surface area contributed by atoms with Gasteiger partial charge in [0.15, 0.2) is 0 Å². The van der Waals surface area contributed by atoms with Gasteiger partial charge in [0, 0.05) is 57.2 Å². The molecule has 2 amide bonds. The van der Waals surface area contributed by atoms with E-state index in [0.717, 1.165) is 24.8 Å².